The Kier molecular flexibility index (Phi) is 4.32. The molecule has 146 valence electrons. The van der Waals surface area contributed by atoms with E-state index in [4.69, 9.17) is 10.2 Å². The average Bonchev–Trinajstić information content (AvgIpc) is 3.38. The molecule has 0 radical (unpaired) electrons. The van der Waals surface area contributed by atoms with Crippen LogP contribution in [0.3, 0.4) is 0 Å². The fourth-order valence-electron chi connectivity index (χ4n) is 5.00. The van der Waals surface area contributed by atoms with E-state index in [1.807, 2.05) is 17.0 Å². The number of nitrogens with two attached hydrogens (primary N) is 1. The molecule has 2 fully saturated rings. The lowest BCUT2D eigenvalue weighted by molar-refractivity contribution is 0.0349. The Bertz CT molecular complexity index is 922. The number of urea groups is 1. The van der Waals surface area contributed by atoms with Gasteiger partial charge in [0, 0.05) is 19.1 Å². The molecule has 0 spiro atoms. The molecular weight excluding hydrogens is 342 g/mol. The van der Waals surface area contributed by atoms with Crippen molar-refractivity contribution in [3.8, 4) is 0 Å². The number of nitrogens with zero attached hydrogens (tertiary/aromatic N) is 2. The van der Waals surface area contributed by atoms with E-state index in [0.29, 0.717) is 24.0 Å². The molecule has 6 heteroatoms. The van der Waals surface area contributed by atoms with E-state index in [-0.39, 0.29) is 17.3 Å². The first-order valence-electron chi connectivity index (χ1n) is 9.95. The van der Waals surface area contributed by atoms with Gasteiger partial charge in [0.1, 0.15) is 0 Å². The van der Waals surface area contributed by atoms with E-state index in [0.717, 1.165) is 24.3 Å². The van der Waals surface area contributed by atoms with Crippen LogP contribution in [-0.2, 0) is 7.05 Å². The highest BCUT2D eigenvalue weighted by molar-refractivity contribution is 5.74. The van der Waals surface area contributed by atoms with Gasteiger partial charge in [-0.2, -0.15) is 0 Å². The van der Waals surface area contributed by atoms with Crippen LogP contribution in [-0.4, -0.2) is 27.6 Å². The van der Waals surface area contributed by atoms with Crippen LogP contribution in [0, 0.1) is 11.8 Å². The quantitative estimate of drug-likeness (QED) is 0.892. The first-order chi connectivity index (χ1) is 12.8. The molecule has 4 rings (SSSR count). The molecule has 2 amide bonds. The number of hydrogen-bond acceptors (Lipinski definition) is 3. The lowest BCUT2D eigenvalue weighted by Gasteiger charge is -2.51. The molecule has 2 atom stereocenters. The molecule has 2 aliphatic rings. The normalized spacial score (nSPS) is 25.1. The molecule has 2 N–H and O–H groups in total. The lowest BCUT2D eigenvalue weighted by atomic mass is 9.67. The molecule has 0 bridgehead atoms. The van der Waals surface area contributed by atoms with E-state index >= 15 is 0 Å². The minimum atomic E-state index is -0.337. The number of rotatable bonds is 4. The van der Waals surface area contributed by atoms with E-state index in [1.165, 1.54) is 29.4 Å². The predicted molar refractivity (Wildman–Crippen MR) is 105 cm³/mol. The van der Waals surface area contributed by atoms with Gasteiger partial charge in [0.2, 0.25) is 0 Å². The fraction of sp³-hybridized carbons (Fsp3) is 0.619. The van der Waals surface area contributed by atoms with Crippen molar-refractivity contribution in [2.75, 3.05) is 6.54 Å². The van der Waals surface area contributed by atoms with Crippen molar-refractivity contribution in [2.24, 2.45) is 24.6 Å². The molecule has 27 heavy (non-hydrogen) atoms. The van der Waals surface area contributed by atoms with Crippen molar-refractivity contribution in [1.82, 2.24) is 9.47 Å². The number of benzene rings is 1. The molecular formula is C21H29N3O3. The van der Waals surface area contributed by atoms with E-state index < -0.39 is 0 Å². The van der Waals surface area contributed by atoms with Crippen molar-refractivity contribution < 1.29 is 9.21 Å². The number of likely N-dealkylation sites (tertiary alicyclic amines) is 1. The van der Waals surface area contributed by atoms with Gasteiger partial charge in [-0.1, -0.05) is 25.3 Å². The Hall–Kier alpha value is -2.24. The molecule has 6 nitrogen and oxygen atoms in total. The number of amides is 2. The number of aryl methyl sites for hydroxylation is 1. The molecule has 1 aromatic heterocycles. The molecule has 2 aromatic rings. The van der Waals surface area contributed by atoms with Crippen LogP contribution in [0.15, 0.2) is 27.4 Å². The van der Waals surface area contributed by atoms with Crippen molar-refractivity contribution >= 4 is 17.1 Å². The predicted octanol–water partition coefficient (Wildman–Crippen LogP) is 3.58. The maximum Gasteiger partial charge on any atom is 0.419 e. The number of carbonyl (C=O) groups is 1. The summed E-state index contributed by atoms with van der Waals surface area (Å²) in [7, 11) is 1.72. The highest BCUT2D eigenvalue weighted by Crippen LogP contribution is 2.47. The molecule has 1 aliphatic carbocycles. The molecule has 1 saturated carbocycles. The first kappa shape index (κ1) is 18.1. The van der Waals surface area contributed by atoms with Gasteiger partial charge in [-0.15, -0.1) is 0 Å². The fourth-order valence-corrected chi connectivity index (χ4v) is 5.00. The van der Waals surface area contributed by atoms with E-state index in [1.54, 1.807) is 7.05 Å². The van der Waals surface area contributed by atoms with Crippen molar-refractivity contribution in [3.63, 3.8) is 0 Å². The minimum absolute atomic E-state index is 0.296. The number of fused-ring (bicyclic) bond motifs is 1. The highest BCUT2D eigenvalue weighted by Gasteiger charge is 2.46. The maximum absolute atomic E-state index is 12.0. The molecule has 2 unspecified atom stereocenters. The second-order valence-corrected chi connectivity index (χ2v) is 8.82. The first-order valence-corrected chi connectivity index (χ1v) is 9.95. The van der Waals surface area contributed by atoms with Crippen molar-refractivity contribution in [3.05, 3.63) is 34.3 Å². The summed E-state index contributed by atoms with van der Waals surface area (Å²) in [5.74, 6) is 1.16. The third-order valence-corrected chi connectivity index (χ3v) is 6.85. The van der Waals surface area contributed by atoms with Crippen LogP contribution in [0.25, 0.3) is 11.1 Å². The van der Waals surface area contributed by atoms with E-state index in [2.05, 4.69) is 19.9 Å². The van der Waals surface area contributed by atoms with Crippen LogP contribution < -0.4 is 11.5 Å². The lowest BCUT2D eigenvalue weighted by Crippen LogP contribution is -2.59. The van der Waals surface area contributed by atoms with Gasteiger partial charge in [-0.25, -0.2) is 9.59 Å². The Morgan fingerprint density at radius 2 is 2.00 bits per heavy atom. The maximum atomic E-state index is 12.0. The second-order valence-electron chi connectivity index (χ2n) is 8.82. The standard InChI is InChI=1S/C21H29N3O3/c1-21(2)16(8-6-13-4-5-13)15(10-11-24(21)19(22)25)14-7-9-17-18(12-14)27-20(26)23(17)3/h7,9,12-13,15-16H,4-6,8,10-11H2,1-3H3,(H2,22,25). The Balaban J connectivity index is 1.70. The van der Waals surface area contributed by atoms with Crippen LogP contribution >= 0.6 is 0 Å². The SMILES string of the molecule is Cn1c(=O)oc2cc(C3CCN(C(N)=O)C(C)(C)C3CCC3CC3)ccc21. The number of carbonyl (C=O) groups excluding carboxylic acids is 1. The zero-order valence-corrected chi connectivity index (χ0v) is 16.4. The Labute approximate surface area is 159 Å². The van der Waals surface area contributed by atoms with Gasteiger partial charge in [-0.05, 0) is 62.1 Å². The number of aromatic nitrogens is 1. The van der Waals surface area contributed by atoms with Gasteiger partial charge in [0.25, 0.3) is 0 Å². The third-order valence-electron chi connectivity index (χ3n) is 6.85. The number of primary amides is 1. The monoisotopic (exact) mass is 371 g/mol. The summed E-state index contributed by atoms with van der Waals surface area (Å²) in [4.78, 5) is 25.7. The molecule has 2 heterocycles. The molecule has 1 aliphatic heterocycles. The summed E-state index contributed by atoms with van der Waals surface area (Å²) in [6.45, 7) is 4.94. The van der Waals surface area contributed by atoms with Crippen LogP contribution in [0.5, 0.6) is 0 Å². The van der Waals surface area contributed by atoms with Crippen LogP contribution in [0.1, 0.15) is 57.4 Å². The summed E-state index contributed by atoms with van der Waals surface area (Å²) in [6, 6.07) is 5.77. The zero-order valence-electron chi connectivity index (χ0n) is 16.4. The summed E-state index contributed by atoms with van der Waals surface area (Å²) in [5.41, 5.74) is 8.03. The van der Waals surface area contributed by atoms with Gasteiger partial charge in [0.15, 0.2) is 5.58 Å². The van der Waals surface area contributed by atoms with Crippen molar-refractivity contribution in [2.45, 2.75) is 57.4 Å². The third kappa shape index (κ3) is 3.15. The van der Waals surface area contributed by atoms with E-state index in [9.17, 15) is 9.59 Å². The molecule has 1 saturated heterocycles. The number of oxazole rings is 1. The molecule has 1 aromatic carbocycles. The van der Waals surface area contributed by atoms with Gasteiger partial charge in [-0.3, -0.25) is 4.57 Å². The van der Waals surface area contributed by atoms with Crippen molar-refractivity contribution in [1.29, 1.82) is 0 Å². The zero-order chi connectivity index (χ0) is 19.3. The Morgan fingerprint density at radius 3 is 2.67 bits per heavy atom. The topological polar surface area (TPSA) is 81.5 Å². The Morgan fingerprint density at radius 1 is 1.26 bits per heavy atom. The number of piperidine rings is 1. The largest absolute Gasteiger partial charge is 0.419 e. The minimum Gasteiger partial charge on any atom is -0.408 e. The number of hydrogen-bond donors (Lipinski definition) is 1. The summed E-state index contributed by atoms with van der Waals surface area (Å²) in [5, 5.41) is 0. The highest BCUT2D eigenvalue weighted by atomic mass is 16.4. The van der Waals surface area contributed by atoms with Gasteiger partial charge >= 0.3 is 11.8 Å². The summed E-state index contributed by atoms with van der Waals surface area (Å²) >= 11 is 0. The van der Waals surface area contributed by atoms with Gasteiger partial charge in [0.05, 0.1) is 5.52 Å². The summed E-state index contributed by atoms with van der Waals surface area (Å²) in [6.07, 6.45) is 5.84. The van der Waals surface area contributed by atoms with Gasteiger partial charge < -0.3 is 15.1 Å². The smallest absolute Gasteiger partial charge is 0.408 e. The average molecular weight is 371 g/mol. The summed E-state index contributed by atoms with van der Waals surface area (Å²) < 4.78 is 6.94. The van der Waals surface area contributed by atoms with Crippen LogP contribution in [0.2, 0.25) is 0 Å². The van der Waals surface area contributed by atoms with Crippen LogP contribution in [0.4, 0.5) is 4.79 Å². The second kappa shape index (κ2) is 6.43.